The molecule has 0 bridgehead atoms. The zero-order valence-corrected chi connectivity index (χ0v) is 9.94. The van der Waals surface area contributed by atoms with Gasteiger partial charge in [0, 0.05) is 12.0 Å². The second kappa shape index (κ2) is 5.04. The van der Waals surface area contributed by atoms with Gasteiger partial charge in [-0.25, -0.2) is 4.79 Å². The monoisotopic (exact) mass is 232 g/mol. The van der Waals surface area contributed by atoms with Gasteiger partial charge in [-0.15, -0.1) is 0 Å². The van der Waals surface area contributed by atoms with Crippen LogP contribution < -0.4 is 4.74 Å². The highest BCUT2D eigenvalue weighted by molar-refractivity contribution is 5.90. The second-order valence-electron chi connectivity index (χ2n) is 4.12. The molecule has 1 aromatic carbocycles. The van der Waals surface area contributed by atoms with Gasteiger partial charge in [0.15, 0.2) is 0 Å². The van der Waals surface area contributed by atoms with E-state index in [2.05, 4.69) is 13.5 Å². The lowest BCUT2D eigenvalue weighted by Gasteiger charge is -2.10. The van der Waals surface area contributed by atoms with Crippen molar-refractivity contribution in [1.29, 1.82) is 0 Å². The topological polar surface area (TPSA) is 35.5 Å². The van der Waals surface area contributed by atoms with E-state index in [-0.39, 0.29) is 12.1 Å². The van der Waals surface area contributed by atoms with Crippen molar-refractivity contribution in [3.63, 3.8) is 0 Å². The molecule has 3 heteroatoms. The molecule has 17 heavy (non-hydrogen) atoms. The van der Waals surface area contributed by atoms with Gasteiger partial charge in [0.2, 0.25) is 0 Å². The Bertz CT molecular complexity index is 404. The zero-order chi connectivity index (χ0) is 12.3. The molecule has 0 aromatic heterocycles. The van der Waals surface area contributed by atoms with E-state index in [1.165, 1.54) is 0 Å². The minimum absolute atomic E-state index is 0.185. The number of ether oxygens (including phenoxy) is 2. The lowest BCUT2D eigenvalue weighted by Crippen LogP contribution is -1.99. The van der Waals surface area contributed by atoms with E-state index >= 15 is 0 Å². The molecule has 1 saturated heterocycles. The van der Waals surface area contributed by atoms with Crippen molar-refractivity contribution >= 4 is 5.97 Å². The first-order valence-electron chi connectivity index (χ1n) is 5.82. The number of benzene rings is 1. The molecule has 0 amide bonds. The largest absolute Gasteiger partial charge is 0.494 e. The molecular formula is C14H16O3. The summed E-state index contributed by atoms with van der Waals surface area (Å²) >= 11 is 0. The summed E-state index contributed by atoms with van der Waals surface area (Å²) in [6, 6.07) is 7.67. The van der Waals surface area contributed by atoms with Crippen LogP contribution in [0.15, 0.2) is 36.4 Å². The summed E-state index contributed by atoms with van der Waals surface area (Å²) in [6.07, 6.45) is 1.38. The predicted molar refractivity (Wildman–Crippen MR) is 64.8 cm³/mol. The zero-order valence-electron chi connectivity index (χ0n) is 9.94. The molecule has 0 radical (unpaired) electrons. The number of cyclic esters (lactones) is 1. The predicted octanol–water partition coefficient (Wildman–Crippen LogP) is 3.02. The van der Waals surface area contributed by atoms with E-state index in [0.717, 1.165) is 17.7 Å². The molecule has 1 aliphatic rings. The van der Waals surface area contributed by atoms with Crippen molar-refractivity contribution in [2.24, 2.45) is 0 Å². The minimum atomic E-state index is -0.290. The Morgan fingerprint density at radius 2 is 2.12 bits per heavy atom. The molecule has 1 aliphatic heterocycles. The summed E-state index contributed by atoms with van der Waals surface area (Å²) in [5, 5.41) is 0. The number of carbonyl (C=O) groups is 1. The quantitative estimate of drug-likeness (QED) is 0.591. The van der Waals surface area contributed by atoms with Gasteiger partial charge in [-0.1, -0.05) is 25.6 Å². The highest BCUT2D eigenvalue weighted by Gasteiger charge is 2.28. The van der Waals surface area contributed by atoms with Crippen molar-refractivity contribution in [3.8, 4) is 5.75 Å². The van der Waals surface area contributed by atoms with Crippen LogP contribution in [0.4, 0.5) is 0 Å². The smallest absolute Gasteiger partial charge is 0.334 e. The van der Waals surface area contributed by atoms with Crippen molar-refractivity contribution in [1.82, 2.24) is 0 Å². The molecule has 2 rings (SSSR count). The van der Waals surface area contributed by atoms with Gasteiger partial charge in [-0.05, 0) is 24.1 Å². The first-order valence-corrected chi connectivity index (χ1v) is 5.82. The number of esters is 1. The van der Waals surface area contributed by atoms with E-state index in [0.29, 0.717) is 18.6 Å². The maximum atomic E-state index is 11.2. The summed E-state index contributed by atoms with van der Waals surface area (Å²) < 4.78 is 10.7. The van der Waals surface area contributed by atoms with Crippen molar-refractivity contribution < 1.29 is 14.3 Å². The number of rotatable bonds is 4. The van der Waals surface area contributed by atoms with Crippen LogP contribution in [0.5, 0.6) is 5.75 Å². The third-order valence-corrected chi connectivity index (χ3v) is 2.69. The lowest BCUT2D eigenvalue weighted by molar-refractivity contribution is -0.139. The Morgan fingerprint density at radius 1 is 1.41 bits per heavy atom. The van der Waals surface area contributed by atoms with Crippen molar-refractivity contribution in [2.45, 2.75) is 25.9 Å². The maximum absolute atomic E-state index is 11.2. The van der Waals surface area contributed by atoms with Crippen LogP contribution in [0.3, 0.4) is 0 Å². The van der Waals surface area contributed by atoms with E-state index in [9.17, 15) is 4.79 Å². The summed E-state index contributed by atoms with van der Waals surface area (Å²) in [7, 11) is 0. The van der Waals surface area contributed by atoms with Gasteiger partial charge in [-0.2, -0.15) is 0 Å². The van der Waals surface area contributed by atoms with Gasteiger partial charge in [0.25, 0.3) is 0 Å². The van der Waals surface area contributed by atoms with Crippen molar-refractivity contribution in [2.75, 3.05) is 6.61 Å². The molecule has 1 fully saturated rings. The summed E-state index contributed by atoms with van der Waals surface area (Å²) in [6.45, 7) is 6.45. The SMILES string of the molecule is C=C1CC(c2ccc(OCCC)cc2)OC1=O. The molecule has 90 valence electrons. The number of carbonyl (C=O) groups excluding carboxylic acids is 1. The Kier molecular flexibility index (Phi) is 3.47. The fourth-order valence-corrected chi connectivity index (χ4v) is 1.75. The summed E-state index contributed by atoms with van der Waals surface area (Å²) in [4.78, 5) is 11.2. The molecule has 0 aliphatic carbocycles. The molecule has 1 atom stereocenters. The Hall–Kier alpha value is -1.77. The Balaban J connectivity index is 2.03. The van der Waals surface area contributed by atoms with Crippen molar-refractivity contribution in [3.05, 3.63) is 42.0 Å². The Labute approximate surface area is 101 Å². The fourth-order valence-electron chi connectivity index (χ4n) is 1.75. The third-order valence-electron chi connectivity index (χ3n) is 2.69. The fraction of sp³-hybridized carbons (Fsp3) is 0.357. The minimum Gasteiger partial charge on any atom is -0.494 e. The molecule has 0 spiro atoms. The van der Waals surface area contributed by atoms with E-state index in [1.54, 1.807) is 0 Å². The average Bonchev–Trinajstić information content (AvgIpc) is 2.68. The van der Waals surface area contributed by atoms with Crippen LogP contribution in [-0.4, -0.2) is 12.6 Å². The van der Waals surface area contributed by atoms with Crippen LogP contribution in [0.25, 0.3) is 0 Å². The highest BCUT2D eigenvalue weighted by Crippen LogP contribution is 2.32. The second-order valence-corrected chi connectivity index (χ2v) is 4.12. The van der Waals surface area contributed by atoms with Crippen LogP contribution in [0.1, 0.15) is 31.4 Å². The standard InChI is InChI=1S/C14H16O3/c1-3-8-16-12-6-4-11(5-7-12)13-9-10(2)14(15)17-13/h4-7,13H,2-3,8-9H2,1H3. The van der Waals surface area contributed by atoms with Gasteiger partial charge in [0.05, 0.1) is 6.61 Å². The highest BCUT2D eigenvalue weighted by atomic mass is 16.5. The Morgan fingerprint density at radius 3 is 2.65 bits per heavy atom. The first kappa shape index (κ1) is 11.7. The molecule has 1 unspecified atom stereocenters. The van der Waals surface area contributed by atoms with E-state index in [4.69, 9.17) is 9.47 Å². The molecule has 1 aromatic rings. The normalized spacial score (nSPS) is 19.2. The first-order chi connectivity index (χ1) is 8.20. The van der Waals surface area contributed by atoms with Crippen LogP contribution >= 0.6 is 0 Å². The molecule has 3 nitrogen and oxygen atoms in total. The van der Waals surface area contributed by atoms with Crippen LogP contribution in [0.2, 0.25) is 0 Å². The molecule has 0 saturated carbocycles. The van der Waals surface area contributed by atoms with Crippen LogP contribution in [-0.2, 0) is 9.53 Å². The van der Waals surface area contributed by atoms with E-state index in [1.807, 2.05) is 24.3 Å². The summed E-state index contributed by atoms with van der Waals surface area (Å²) in [5.41, 5.74) is 1.53. The molecule has 0 N–H and O–H groups in total. The summed E-state index contributed by atoms with van der Waals surface area (Å²) in [5.74, 6) is 0.556. The van der Waals surface area contributed by atoms with Gasteiger partial charge >= 0.3 is 5.97 Å². The molecular weight excluding hydrogens is 216 g/mol. The average molecular weight is 232 g/mol. The van der Waals surface area contributed by atoms with Gasteiger partial charge < -0.3 is 9.47 Å². The lowest BCUT2D eigenvalue weighted by atomic mass is 10.1. The van der Waals surface area contributed by atoms with Gasteiger partial charge in [0.1, 0.15) is 11.9 Å². The van der Waals surface area contributed by atoms with E-state index < -0.39 is 0 Å². The molecule has 1 heterocycles. The van der Waals surface area contributed by atoms with Crippen LogP contribution in [0, 0.1) is 0 Å². The maximum Gasteiger partial charge on any atom is 0.334 e. The number of hydrogen-bond donors (Lipinski definition) is 0. The van der Waals surface area contributed by atoms with Gasteiger partial charge in [-0.3, -0.25) is 0 Å². The number of hydrogen-bond acceptors (Lipinski definition) is 3. The third kappa shape index (κ3) is 2.67.